The minimum atomic E-state index is -0.820. The molecule has 4 nitrogen and oxygen atoms in total. The van der Waals surface area contributed by atoms with Crippen LogP contribution in [0.1, 0.15) is 12.2 Å². The van der Waals surface area contributed by atoms with E-state index < -0.39 is 12.0 Å². The summed E-state index contributed by atoms with van der Waals surface area (Å²) in [4.78, 5) is 11.2. The Morgan fingerprint density at radius 2 is 2.05 bits per heavy atom. The second-order valence-electron chi connectivity index (χ2n) is 4.69. The number of hydrogen-bond donors (Lipinski definition) is 2. The molecule has 1 aromatic heterocycles. The van der Waals surface area contributed by atoms with Crippen molar-refractivity contribution >= 4 is 17.7 Å². The van der Waals surface area contributed by atoms with E-state index in [4.69, 9.17) is 9.52 Å². The predicted octanol–water partition coefficient (Wildman–Crippen LogP) is 3.24. The molecule has 0 fully saturated rings. The zero-order valence-electron chi connectivity index (χ0n) is 11.9. The molecule has 5 heteroatoms. The predicted molar refractivity (Wildman–Crippen MR) is 85.4 cm³/mol. The molecule has 2 rings (SSSR count). The van der Waals surface area contributed by atoms with Crippen LogP contribution in [0.2, 0.25) is 0 Å². The van der Waals surface area contributed by atoms with E-state index >= 15 is 0 Å². The molecule has 1 heterocycles. The molecular formula is C16H19NO3S. The second kappa shape index (κ2) is 7.90. The molecule has 0 saturated heterocycles. The van der Waals surface area contributed by atoms with E-state index in [0.29, 0.717) is 13.0 Å². The van der Waals surface area contributed by atoms with Crippen LogP contribution in [0.15, 0.2) is 46.9 Å². The lowest BCUT2D eigenvalue weighted by Crippen LogP contribution is -2.36. The summed E-state index contributed by atoms with van der Waals surface area (Å²) in [5.74, 6) is 1.53. The molecule has 1 atom stereocenters. The summed E-state index contributed by atoms with van der Waals surface area (Å²) in [6.07, 6.45) is 2.57. The van der Waals surface area contributed by atoms with Crippen molar-refractivity contribution in [3.05, 3.63) is 48.2 Å². The number of carbonyl (C=O) groups is 1. The first-order valence-corrected chi connectivity index (χ1v) is 8.19. The Kier molecular flexibility index (Phi) is 5.90. The van der Waals surface area contributed by atoms with Gasteiger partial charge in [-0.25, -0.2) is 0 Å². The quantitative estimate of drug-likeness (QED) is 0.784. The average Bonchev–Trinajstić information content (AvgIpc) is 2.97. The Hall–Kier alpha value is -1.72. The molecule has 0 aliphatic carbocycles. The maximum Gasteiger partial charge on any atom is 0.320 e. The molecule has 2 aromatic rings. The summed E-state index contributed by atoms with van der Waals surface area (Å²) in [5.41, 5.74) is 1.01. The van der Waals surface area contributed by atoms with Crippen molar-refractivity contribution in [3.63, 3.8) is 0 Å². The number of carboxylic acid groups (broad SMARTS) is 1. The Labute approximate surface area is 128 Å². The number of nitrogens with one attached hydrogen (secondary N) is 1. The molecule has 21 heavy (non-hydrogen) atoms. The monoisotopic (exact) mass is 305 g/mol. The third-order valence-electron chi connectivity index (χ3n) is 3.15. The highest BCUT2D eigenvalue weighted by Crippen LogP contribution is 2.21. The van der Waals surface area contributed by atoms with Gasteiger partial charge in [-0.3, -0.25) is 10.1 Å². The normalized spacial score (nSPS) is 12.2. The van der Waals surface area contributed by atoms with Crippen LogP contribution in [0.3, 0.4) is 0 Å². The van der Waals surface area contributed by atoms with Gasteiger partial charge in [-0.05, 0) is 30.6 Å². The first-order chi connectivity index (χ1) is 10.2. The first kappa shape index (κ1) is 15.7. The van der Waals surface area contributed by atoms with E-state index in [1.165, 1.54) is 0 Å². The highest BCUT2D eigenvalue weighted by atomic mass is 32.2. The van der Waals surface area contributed by atoms with Crippen molar-refractivity contribution in [2.24, 2.45) is 0 Å². The lowest BCUT2D eigenvalue weighted by atomic mass is 10.2. The summed E-state index contributed by atoms with van der Waals surface area (Å²) >= 11 is 1.64. The topological polar surface area (TPSA) is 62.5 Å². The van der Waals surface area contributed by atoms with Gasteiger partial charge in [0.1, 0.15) is 17.6 Å². The molecular weight excluding hydrogens is 286 g/mol. The molecule has 0 unspecified atom stereocenters. The molecule has 0 aliphatic heterocycles. The summed E-state index contributed by atoms with van der Waals surface area (Å²) < 4.78 is 5.74. The van der Waals surface area contributed by atoms with Crippen LogP contribution in [-0.4, -0.2) is 29.1 Å². The number of rotatable bonds is 8. The maximum absolute atomic E-state index is 11.2. The third kappa shape index (κ3) is 4.65. The van der Waals surface area contributed by atoms with Crippen LogP contribution < -0.4 is 5.32 Å². The summed E-state index contributed by atoms with van der Waals surface area (Å²) in [6, 6.07) is 13.1. The van der Waals surface area contributed by atoms with E-state index in [-0.39, 0.29) is 0 Å². The number of carboxylic acids is 1. The number of thioether (sulfide) groups is 1. The average molecular weight is 305 g/mol. The largest absolute Gasteiger partial charge is 0.480 e. The minimum absolute atomic E-state index is 0.415. The molecule has 0 bridgehead atoms. The van der Waals surface area contributed by atoms with Gasteiger partial charge in [-0.1, -0.05) is 30.3 Å². The van der Waals surface area contributed by atoms with Gasteiger partial charge in [0.25, 0.3) is 0 Å². The Morgan fingerprint density at radius 3 is 2.71 bits per heavy atom. The van der Waals surface area contributed by atoms with Crippen LogP contribution >= 0.6 is 11.8 Å². The molecule has 1 aromatic carbocycles. The molecule has 112 valence electrons. The highest BCUT2D eigenvalue weighted by Gasteiger charge is 2.16. The summed E-state index contributed by atoms with van der Waals surface area (Å²) in [7, 11) is 0. The highest BCUT2D eigenvalue weighted by molar-refractivity contribution is 7.98. The third-order valence-corrected chi connectivity index (χ3v) is 3.80. The van der Waals surface area contributed by atoms with Gasteiger partial charge in [0.05, 0.1) is 6.54 Å². The molecule has 0 aliphatic rings. The fourth-order valence-corrected chi connectivity index (χ4v) is 2.47. The van der Waals surface area contributed by atoms with E-state index in [2.05, 4.69) is 5.32 Å². The molecule has 0 saturated carbocycles. The number of hydrogen-bond acceptors (Lipinski definition) is 4. The smallest absolute Gasteiger partial charge is 0.320 e. The van der Waals surface area contributed by atoms with Gasteiger partial charge >= 0.3 is 5.97 Å². The standard InChI is InChI=1S/C16H19NO3S/c1-21-10-9-14(16(18)19)17-11-13-7-8-15(20-13)12-5-3-2-4-6-12/h2-8,14,17H,9-11H2,1H3,(H,18,19)/t14-/m0/s1. The first-order valence-electron chi connectivity index (χ1n) is 6.80. The molecule has 0 spiro atoms. The maximum atomic E-state index is 11.2. The van der Waals surface area contributed by atoms with Crippen LogP contribution in [0.25, 0.3) is 11.3 Å². The molecule has 0 amide bonds. The van der Waals surface area contributed by atoms with Crippen LogP contribution in [-0.2, 0) is 11.3 Å². The van der Waals surface area contributed by atoms with Gasteiger partial charge in [-0.2, -0.15) is 11.8 Å². The summed E-state index contributed by atoms with van der Waals surface area (Å²) in [5, 5.41) is 12.2. The Morgan fingerprint density at radius 1 is 1.29 bits per heavy atom. The van der Waals surface area contributed by atoms with Crippen molar-refractivity contribution in [2.75, 3.05) is 12.0 Å². The van der Waals surface area contributed by atoms with Crippen molar-refractivity contribution in [2.45, 2.75) is 19.0 Å². The Bertz CT molecular complexity index is 568. The van der Waals surface area contributed by atoms with Crippen LogP contribution in [0, 0.1) is 0 Å². The number of aliphatic carboxylic acids is 1. The van der Waals surface area contributed by atoms with Gasteiger partial charge < -0.3 is 9.52 Å². The molecule has 0 radical (unpaired) electrons. The van der Waals surface area contributed by atoms with Crippen molar-refractivity contribution in [3.8, 4) is 11.3 Å². The Balaban J connectivity index is 1.94. The zero-order chi connectivity index (χ0) is 15.1. The number of benzene rings is 1. The lowest BCUT2D eigenvalue weighted by Gasteiger charge is -2.12. The zero-order valence-corrected chi connectivity index (χ0v) is 12.7. The second-order valence-corrected chi connectivity index (χ2v) is 5.67. The van der Waals surface area contributed by atoms with Crippen LogP contribution in [0.4, 0.5) is 0 Å². The van der Waals surface area contributed by atoms with E-state index in [0.717, 1.165) is 22.8 Å². The van der Waals surface area contributed by atoms with E-state index in [9.17, 15) is 4.79 Å². The SMILES string of the molecule is CSCC[C@H](NCc1ccc(-c2ccccc2)o1)C(=O)O. The van der Waals surface area contributed by atoms with Gasteiger partial charge in [0, 0.05) is 5.56 Å². The van der Waals surface area contributed by atoms with Crippen molar-refractivity contribution < 1.29 is 14.3 Å². The number of furan rings is 1. The van der Waals surface area contributed by atoms with Gasteiger partial charge in [-0.15, -0.1) is 0 Å². The van der Waals surface area contributed by atoms with E-state index in [1.807, 2.05) is 48.7 Å². The van der Waals surface area contributed by atoms with Gasteiger partial charge in [0.15, 0.2) is 0 Å². The minimum Gasteiger partial charge on any atom is -0.480 e. The fourth-order valence-electron chi connectivity index (χ4n) is 2.00. The fraction of sp³-hybridized carbons (Fsp3) is 0.312. The van der Waals surface area contributed by atoms with Crippen LogP contribution in [0.5, 0.6) is 0 Å². The van der Waals surface area contributed by atoms with Gasteiger partial charge in [0.2, 0.25) is 0 Å². The summed E-state index contributed by atoms with van der Waals surface area (Å²) in [6.45, 7) is 0.415. The lowest BCUT2D eigenvalue weighted by molar-refractivity contribution is -0.139. The van der Waals surface area contributed by atoms with E-state index in [1.54, 1.807) is 11.8 Å². The van der Waals surface area contributed by atoms with Crippen molar-refractivity contribution in [1.82, 2.24) is 5.32 Å². The van der Waals surface area contributed by atoms with Crippen molar-refractivity contribution in [1.29, 1.82) is 0 Å². The molecule has 2 N–H and O–H groups in total.